The number of amides is 3. The van der Waals surface area contributed by atoms with E-state index in [9.17, 15) is 18.6 Å². The smallest absolute Gasteiger partial charge is 0.239 e. The van der Waals surface area contributed by atoms with Crippen LogP contribution in [0, 0.1) is 0 Å². The molecular weight excluding hydrogens is 494 g/mol. The van der Waals surface area contributed by atoms with Crippen molar-refractivity contribution in [1.82, 2.24) is 10.2 Å². The Hall–Kier alpha value is -4.18. The highest BCUT2D eigenvalue weighted by Crippen LogP contribution is 2.34. The van der Waals surface area contributed by atoms with Crippen molar-refractivity contribution in [2.75, 3.05) is 30.2 Å². The van der Waals surface area contributed by atoms with Crippen LogP contribution in [0.25, 0.3) is 0 Å². The Kier molecular flexibility index (Phi) is 8.88. The van der Waals surface area contributed by atoms with Gasteiger partial charge in [-0.15, -0.1) is 0 Å². The molecule has 0 radical (unpaired) electrons. The summed E-state index contributed by atoms with van der Waals surface area (Å²) in [5, 5.41) is 5.46. The van der Waals surface area contributed by atoms with Gasteiger partial charge in [0.2, 0.25) is 24.5 Å². The van der Waals surface area contributed by atoms with Gasteiger partial charge in [0.15, 0.2) is 11.5 Å². The van der Waals surface area contributed by atoms with Gasteiger partial charge >= 0.3 is 0 Å². The summed E-state index contributed by atoms with van der Waals surface area (Å²) >= 11 is 0. The molecule has 0 unspecified atom stereocenters. The maximum absolute atomic E-state index is 13.0. The van der Waals surface area contributed by atoms with E-state index in [0.29, 0.717) is 23.7 Å². The SMILES string of the molecule is O=C(CN(Cc1ccccc1)C(=O)C[S@@](=O)CC(=O)Nc1ccc2c(c1)OCO2)NCc1ccccc1. The topological polar surface area (TPSA) is 114 Å². The van der Waals surface area contributed by atoms with Crippen molar-refractivity contribution in [2.24, 2.45) is 0 Å². The molecule has 1 aliphatic rings. The summed E-state index contributed by atoms with van der Waals surface area (Å²) in [6.45, 7) is 0.432. The minimum absolute atomic E-state index is 0.114. The predicted molar refractivity (Wildman–Crippen MR) is 139 cm³/mol. The lowest BCUT2D eigenvalue weighted by Gasteiger charge is -2.22. The minimum Gasteiger partial charge on any atom is -0.454 e. The minimum atomic E-state index is -1.77. The molecule has 1 heterocycles. The van der Waals surface area contributed by atoms with Crippen LogP contribution in [0.1, 0.15) is 11.1 Å². The molecule has 192 valence electrons. The van der Waals surface area contributed by atoms with Crippen molar-refractivity contribution in [3.63, 3.8) is 0 Å². The average molecular weight is 522 g/mol. The number of nitrogens with zero attached hydrogens (tertiary/aromatic N) is 1. The van der Waals surface area contributed by atoms with E-state index in [4.69, 9.17) is 9.47 Å². The molecule has 9 nitrogen and oxygen atoms in total. The first kappa shape index (κ1) is 25.9. The summed E-state index contributed by atoms with van der Waals surface area (Å²) in [6, 6.07) is 23.6. The third-order valence-electron chi connectivity index (χ3n) is 5.47. The van der Waals surface area contributed by atoms with Gasteiger partial charge in [0.25, 0.3) is 0 Å². The highest BCUT2D eigenvalue weighted by atomic mass is 32.2. The lowest BCUT2D eigenvalue weighted by molar-refractivity contribution is -0.134. The summed E-state index contributed by atoms with van der Waals surface area (Å²) in [7, 11) is -1.77. The fraction of sp³-hybridized carbons (Fsp3) is 0.222. The first-order valence-electron chi connectivity index (χ1n) is 11.6. The van der Waals surface area contributed by atoms with Crippen LogP contribution >= 0.6 is 0 Å². The Balaban J connectivity index is 1.32. The monoisotopic (exact) mass is 521 g/mol. The van der Waals surface area contributed by atoms with Gasteiger partial charge in [-0.1, -0.05) is 60.7 Å². The molecule has 10 heteroatoms. The highest BCUT2D eigenvalue weighted by Gasteiger charge is 2.22. The van der Waals surface area contributed by atoms with Gasteiger partial charge in [-0.05, 0) is 23.3 Å². The number of benzene rings is 3. The van der Waals surface area contributed by atoms with Gasteiger partial charge in [0.05, 0.1) is 6.54 Å². The number of nitrogens with one attached hydrogen (secondary N) is 2. The second kappa shape index (κ2) is 12.7. The molecule has 3 aromatic carbocycles. The van der Waals surface area contributed by atoms with E-state index >= 15 is 0 Å². The fourth-order valence-electron chi connectivity index (χ4n) is 3.66. The summed E-state index contributed by atoms with van der Waals surface area (Å²) < 4.78 is 23.2. The van der Waals surface area contributed by atoms with E-state index in [2.05, 4.69) is 10.6 Å². The van der Waals surface area contributed by atoms with Gasteiger partial charge in [0.1, 0.15) is 11.5 Å². The molecule has 2 N–H and O–H groups in total. The zero-order chi connectivity index (χ0) is 26.0. The third kappa shape index (κ3) is 7.91. The third-order valence-corrected chi connectivity index (χ3v) is 6.62. The number of hydrogen-bond donors (Lipinski definition) is 2. The number of ether oxygens (including phenoxy) is 2. The normalized spacial score (nSPS) is 12.4. The maximum atomic E-state index is 13.0. The first-order valence-corrected chi connectivity index (χ1v) is 13.1. The van der Waals surface area contributed by atoms with Gasteiger partial charge in [0, 0.05) is 35.6 Å². The van der Waals surface area contributed by atoms with Gasteiger partial charge in [-0.2, -0.15) is 0 Å². The Morgan fingerprint density at radius 1 is 0.811 bits per heavy atom. The van der Waals surface area contributed by atoms with E-state index in [-0.39, 0.29) is 37.3 Å². The van der Waals surface area contributed by atoms with Crippen molar-refractivity contribution in [1.29, 1.82) is 0 Å². The molecular formula is C27H27N3O6S. The summed E-state index contributed by atoms with van der Waals surface area (Å²) in [5.74, 6) is -0.963. The highest BCUT2D eigenvalue weighted by molar-refractivity contribution is 7.86. The molecule has 0 saturated carbocycles. The van der Waals surface area contributed by atoms with E-state index in [1.807, 2.05) is 60.7 Å². The lowest BCUT2D eigenvalue weighted by Crippen LogP contribution is -2.42. The molecule has 37 heavy (non-hydrogen) atoms. The van der Waals surface area contributed by atoms with E-state index < -0.39 is 22.6 Å². The number of carbonyl (C=O) groups excluding carboxylic acids is 3. The standard InChI is InChI=1S/C27H27N3O6S/c31-25(28-14-20-7-3-1-4-8-20)16-30(15-21-9-5-2-6-10-21)27(33)18-37(34)17-26(32)29-22-11-12-23-24(13-22)36-19-35-23/h1-13H,14-19H2,(H,28,31)(H,29,32)/t37-/m0/s1. The largest absolute Gasteiger partial charge is 0.454 e. The molecule has 4 rings (SSSR count). The molecule has 0 bridgehead atoms. The Bertz CT molecular complexity index is 1270. The Labute approximate surface area is 217 Å². The van der Waals surface area contributed by atoms with Crippen LogP contribution < -0.4 is 20.1 Å². The number of fused-ring (bicyclic) bond motifs is 1. The van der Waals surface area contributed by atoms with E-state index in [0.717, 1.165) is 11.1 Å². The zero-order valence-electron chi connectivity index (χ0n) is 20.1. The van der Waals surface area contributed by atoms with E-state index in [1.54, 1.807) is 18.2 Å². The second-order valence-corrected chi connectivity index (χ2v) is 9.80. The Morgan fingerprint density at radius 3 is 2.22 bits per heavy atom. The summed E-state index contributed by atoms with van der Waals surface area (Å²) in [6.07, 6.45) is 0. The second-order valence-electron chi connectivity index (χ2n) is 8.34. The quantitative estimate of drug-likeness (QED) is 0.401. The molecule has 0 aliphatic carbocycles. The average Bonchev–Trinajstić information content (AvgIpc) is 3.36. The molecule has 0 fully saturated rings. The number of anilines is 1. The molecule has 1 aliphatic heterocycles. The molecule has 0 aromatic heterocycles. The maximum Gasteiger partial charge on any atom is 0.239 e. The van der Waals surface area contributed by atoms with Gasteiger partial charge in [-0.3, -0.25) is 18.6 Å². The van der Waals surface area contributed by atoms with Crippen molar-refractivity contribution in [2.45, 2.75) is 13.1 Å². The molecule has 3 amide bonds. The van der Waals surface area contributed by atoms with E-state index in [1.165, 1.54) is 4.90 Å². The van der Waals surface area contributed by atoms with Crippen LogP contribution in [0.5, 0.6) is 11.5 Å². The molecule has 1 atom stereocenters. The number of carbonyl (C=O) groups is 3. The van der Waals surface area contributed by atoms with Crippen LogP contribution in [-0.4, -0.2) is 51.7 Å². The van der Waals surface area contributed by atoms with Crippen LogP contribution in [0.4, 0.5) is 5.69 Å². The summed E-state index contributed by atoms with van der Waals surface area (Å²) in [5.41, 5.74) is 2.24. The van der Waals surface area contributed by atoms with Crippen LogP contribution in [0.2, 0.25) is 0 Å². The molecule has 3 aromatic rings. The molecule has 0 spiro atoms. The van der Waals surface area contributed by atoms with Crippen LogP contribution in [-0.2, 0) is 38.3 Å². The van der Waals surface area contributed by atoms with Crippen LogP contribution in [0.15, 0.2) is 78.9 Å². The molecule has 0 saturated heterocycles. The number of hydrogen-bond acceptors (Lipinski definition) is 6. The first-order chi connectivity index (χ1) is 18.0. The fourth-order valence-corrected chi connectivity index (χ4v) is 4.58. The summed E-state index contributed by atoms with van der Waals surface area (Å²) in [4.78, 5) is 39.4. The van der Waals surface area contributed by atoms with Gasteiger partial charge in [-0.25, -0.2) is 0 Å². The number of rotatable bonds is 11. The lowest BCUT2D eigenvalue weighted by atomic mass is 10.2. The van der Waals surface area contributed by atoms with Crippen LogP contribution in [0.3, 0.4) is 0 Å². The zero-order valence-corrected chi connectivity index (χ0v) is 20.9. The van der Waals surface area contributed by atoms with Crippen molar-refractivity contribution in [3.05, 3.63) is 90.0 Å². The Morgan fingerprint density at radius 2 is 1.49 bits per heavy atom. The van der Waals surface area contributed by atoms with Crippen molar-refractivity contribution < 1.29 is 28.1 Å². The predicted octanol–water partition coefficient (Wildman–Crippen LogP) is 2.45. The van der Waals surface area contributed by atoms with Gasteiger partial charge < -0.3 is 25.0 Å². The van der Waals surface area contributed by atoms with Crippen molar-refractivity contribution in [3.8, 4) is 11.5 Å². The van der Waals surface area contributed by atoms with Crippen molar-refractivity contribution >= 4 is 34.2 Å².